The molecule has 108 valence electrons. The van der Waals surface area contributed by atoms with E-state index >= 15 is 0 Å². The van der Waals surface area contributed by atoms with Crippen molar-refractivity contribution in [2.75, 3.05) is 5.32 Å². The molecule has 3 N–H and O–H groups in total. The second-order valence-electron chi connectivity index (χ2n) is 4.04. The highest BCUT2D eigenvalue weighted by molar-refractivity contribution is 7.80. The Hall–Kier alpha value is -1.82. The van der Waals surface area contributed by atoms with Gasteiger partial charge in [0.05, 0.1) is 16.9 Å². The fourth-order valence-corrected chi connectivity index (χ4v) is 2.13. The Labute approximate surface area is 137 Å². The third kappa shape index (κ3) is 4.90. The minimum absolute atomic E-state index is 0.174. The van der Waals surface area contributed by atoms with E-state index in [-0.39, 0.29) is 10.9 Å². The van der Waals surface area contributed by atoms with Crippen molar-refractivity contribution < 1.29 is 5.11 Å². The van der Waals surface area contributed by atoms with E-state index in [0.29, 0.717) is 15.7 Å². The van der Waals surface area contributed by atoms with Crippen molar-refractivity contribution in [3.05, 3.63) is 58.1 Å². The molecule has 2 rings (SSSR count). The highest BCUT2D eigenvalue weighted by atomic mass is 35.5. The second-order valence-corrected chi connectivity index (χ2v) is 5.30. The number of phenolic OH excluding ortho intramolecular Hbond substituents is 1. The van der Waals surface area contributed by atoms with E-state index < -0.39 is 0 Å². The topological polar surface area (TPSA) is 56.7 Å². The molecule has 0 fully saturated rings. The molecule has 0 aliphatic carbocycles. The number of anilines is 1. The number of phenols is 1. The predicted molar refractivity (Wildman–Crippen MR) is 91.5 cm³/mol. The minimum Gasteiger partial charge on any atom is -0.508 e. The van der Waals surface area contributed by atoms with Crippen LogP contribution in [0.3, 0.4) is 0 Å². The SMILES string of the molecule is Oc1cccc(/C=N\NC(=S)Nc2ccc(Cl)cc2Cl)c1. The molecule has 21 heavy (non-hydrogen) atoms. The average molecular weight is 340 g/mol. The lowest BCUT2D eigenvalue weighted by atomic mass is 10.2. The van der Waals surface area contributed by atoms with E-state index in [0.717, 1.165) is 5.56 Å². The summed E-state index contributed by atoms with van der Waals surface area (Å²) in [7, 11) is 0. The molecule has 0 saturated carbocycles. The number of thiocarbonyl (C=S) groups is 1. The van der Waals surface area contributed by atoms with Crippen LogP contribution in [0.4, 0.5) is 5.69 Å². The van der Waals surface area contributed by atoms with Crippen molar-refractivity contribution in [1.29, 1.82) is 0 Å². The van der Waals surface area contributed by atoms with Crippen LogP contribution in [0.5, 0.6) is 5.75 Å². The number of hydrogen-bond acceptors (Lipinski definition) is 3. The minimum atomic E-state index is 0.174. The zero-order chi connectivity index (χ0) is 15.2. The van der Waals surface area contributed by atoms with Gasteiger partial charge in [-0.1, -0.05) is 35.3 Å². The first kappa shape index (κ1) is 15.6. The van der Waals surface area contributed by atoms with Gasteiger partial charge < -0.3 is 10.4 Å². The van der Waals surface area contributed by atoms with E-state index in [4.69, 9.17) is 35.4 Å². The van der Waals surface area contributed by atoms with E-state index in [1.807, 2.05) is 0 Å². The summed E-state index contributed by atoms with van der Waals surface area (Å²) in [6.07, 6.45) is 1.54. The smallest absolute Gasteiger partial charge is 0.191 e. The molecular formula is C14H11Cl2N3OS. The zero-order valence-electron chi connectivity index (χ0n) is 10.7. The number of hydrogen-bond donors (Lipinski definition) is 3. The molecule has 0 bridgehead atoms. The van der Waals surface area contributed by atoms with Crippen molar-refractivity contribution >= 4 is 52.4 Å². The standard InChI is InChI=1S/C14H11Cl2N3OS/c15-10-4-5-13(12(16)7-10)18-14(21)19-17-8-9-2-1-3-11(20)6-9/h1-8,20H,(H2,18,19,21)/b17-8-. The van der Waals surface area contributed by atoms with Gasteiger partial charge in [0.15, 0.2) is 5.11 Å². The maximum atomic E-state index is 9.32. The van der Waals surface area contributed by atoms with Crippen LogP contribution in [0.2, 0.25) is 10.0 Å². The summed E-state index contributed by atoms with van der Waals surface area (Å²) in [5.41, 5.74) is 4.03. The lowest BCUT2D eigenvalue weighted by molar-refractivity contribution is 0.475. The number of aromatic hydroxyl groups is 1. The Balaban J connectivity index is 1.93. The van der Waals surface area contributed by atoms with Crippen LogP contribution in [-0.4, -0.2) is 16.4 Å². The molecule has 0 spiro atoms. The third-order valence-electron chi connectivity index (χ3n) is 2.43. The van der Waals surface area contributed by atoms with E-state index in [1.54, 1.807) is 42.5 Å². The van der Waals surface area contributed by atoms with Crippen molar-refractivity contribution in [3.63, 3.8) is 0 Å². The second kappa shape index (κ2) is 7.26. The Bertz CT molecular complexity index is 692. The zero-order valence-corrected chi connectivity index (χ0v) is 13.0. The van der Waals surface area contributed by atoms with E-state index in [1.165, 1.54) is 6.21 Å². The van der Waals surface area contributed by atoms with Crippen LogP contribution in [-0.2, 0) is 0 Å². The summed E-state index contributed by atoms with van der Waals surface area (Å²) in [5.74, 6) is 0.174. The number of benzene rings is 2. The van der Waals surface area contributed by atoms with Crippen molar-refractivity contribution in [2.45, 2.75) is 0 Å². The van der Waals surface area contributed by atoms with Crippen LogP contribution in [0.1, 0.15) is 5.56 Å². The summed E-state index contributed by atoms with van der Waals surface area (Å²) in [4.78, 5) is 0. The molecule has 0 aliphatic rings. The average Bonchev–Trinajstić information content (AvgIpc) is 2.42. The lowest BCUT2D eigenvalue weighted by Gasteiger charge is -2.08. The van der Waals surface area contributed by atoms with Gasteiger partial charge in [-0.25, -0.2) is 0 Å². The first-order valence-corrected chi connectivity index (χ1v) is 7.05. The Kier molecular flexibility index (Phi) is 5.38. The summed E-state index contributed by atoms with van der Waals surface area (Å²) in [6.45, 7) is 0. The van der Waals surface area contributed by atoms with Crippen LogP contribution in [0, 0.1) is 0 Å². The molecule has 0 aliphatic heterocycles. The highest BCUT2D eigenvalue weighted by Crippen LogP contribution is 2.25. The molecule has 0 radical (unpaired) electrons. The van der Waals surface area contributed by atoms with E-state index in [9.17, 15) is 5.11 Å². The highest BCUT2D eigenvalue weighted by Gasteiger charge is 2.02. The normalized spacial score (nSPS) is 10.6. The molecular weight excluding hydrogens is 329 g/mol. The maximum Gasteiger partial charge on any atom is 0.191 e. The molecule has 4 nitrogen and oxygen atoms in total. The summed E-state index contributed by atoms with van der Waals surface area (Å²) in [5, 5.41) is 17.5. The molecule has 0 amide bonds. The number of rotatable bonds is 3. The van der Waals surface area contributed by atoms with Crippen LogP contribution >= 0.6 is 35.4 Å². The lowest BCUT2D eigenvalue weighted by Crippen LogP contribution is -2.24. The fraction of sp³-hybridized carbons (Fsp3) is 0. The Morgan fingerprint density at radius 3 is 2.71 bits per heavy atom. The third-order valence-corrected chi connectivity index (χ3v) is 3.17. The quantitative estimate of drug-likeness (QED) is 0.449. The molecule has 2 aromatic carbocycles. The molecule has 0 unspecified atom stereocenters. The van der Waals surface area contributed by atoms with Crippen LogP contribution in [0.15, 0.2) is 47.6 Å². The van der Waals surface area contributed by atoms with Crippen molar-refractivity contribution in [3.8, 4) is 5.75 Å². The number of nitrogens with zero attached hydrogens (tertiary/aromatic N) is 1. The van der Waals surface area contributed by atoms with Crippen LogP contribution < -0.4 is 10.7 Å². The van der Waals surface area contributed by atoms with Crippen LogP contribution in [0.25, 0.3) is 0 Å². The first-order valence-electron chi connectivity index (χ1n) is 5.89. The van der Waals surface area contributed by atoms with Gasteiger partial charge in [-0.2, -0.15) is 5.10 Å². The molecule has 0 heterocycles. The Morgan fingerprint density at radius 1 is 1.19 bits per heavy atom. The number of nitrogens with one attached hydrogen (secondary N) is 2. The largest absolute Gasteiger partial charge is 0.508 e. The molecule has 0 saturated heterocycles. The van der Waals surface area contributed by atoms with Crippen molar-refractivity contribution in [1.82, 2.24) is 5.43 Å². The molecule has 2 aromatic rings. The monoisotopic (exact) mass is 339 g/mol. The van der Waals surface area contributed by atoms with Gasteiger partial charge in [-0.05, 0) is 48.1 Å². The van der Waals surface area contributed by atoms with Gasteiger partial charge in [0.1, 0.15) is 5.75 Å². The maximum absolute atomic E-state index is 9.32. The summed E-state index contributed by atoms with van der Waals surface area (Å²) in [6, 6.07) is 11.7. The predicted octanol–water partition coefficient (Wildman–Crippen LogP) is 4.02. The number of hydrazone groups is 1. The fourth-order valence-electron chi connectivity index (χ4n) is 1.51. The first-order chi connectivity index (χ1) is 10.0. The van der Waals surface area contributed by atoms with Gasteiger partial charge >= 0.3 is 0 Å². The van der Waals surface area contributed by atoms with Gasteiger partial charge in [0, 0.05) is 5.02 Å². The summed E-state index contributed by atoms with van der Waals surface area (Å²) >= 11 is 16.9. The number of halogens is 2. The van der Waals surface area contributed by atoms with Crippen molar-refractivity contribution in [2.24, 2.45) is 5.10 Å². The van der Waals surface area contributed by atoms with Gasteiger partial charge in [-0.3, -0.25) is 5.43 Å². The van der Waals surface area contributed by atoms with Gasteiger partial charge in [0.2, 0.25) is 0 Å². The molecule has 0 atom stereocenters. The Morgan fingerprint density at radius 2 is 2.00 bits per heavy atom. The molecule has 7 heteroatoms. The van der Waals surface area contributed by atoms with Gasteiger partial charge in [-0.15, -0.1) is 0 Å². The summed E-state index contributed by atoms with van der Waals surface area (Å²) < 4.78 is 0. The van der Waals surface area contributed by atoms with Gasteiger partial charge in [0.25, 0.3) is 0 Å². The van der Waals surface area contributed by atoms with E-state index in [2.05, 4.69) is 15.8 Å². The molecule has 0 aromatic heterocycles.